The number of rotatable bonds is 5. The van der Waals surface area contributed by atoms with E-state index in [-0.39, 0.29) is 6.04 Å². The molecule has 1 aromatic rings. The second-order valence-corrected chi connectivity index (χ2v) is 4.77. The van der Waals surface area contributed by atoms with E-state index in [2.05, 4.69) is 39.0 Å². The maximum absolute atomic E-state index is 5.83. The first-order valence-corrected chi connectivity index (χ1v) is 6.10. The number of halogens is 1. The Labute approximate surface area is 106 Å². The van der Waals surface area contributed by atoms with E-state index in [9.17, 15) is 0 Å². The van der Waals surface area contributed by atoms with Crippen LogP contribution in [0.3, 0.4) is 0 Å². The van der Waals surface area contributed by atoms with Crippen molar-refractivity contribution in [3.63, 3.8) is 0 Å². The highest BCUT2D eigenvalue weighted by Gasteiger charge is 2.07. The molecule has 0 amide bonds. The second kappa shape index (κ2) is 6.23. The first-order chi connectivity index (χ1) is 7.56. The monoisotopic (exact) mass is 286 g/mol. The standard InChI is InChI=1S/C12H19BrN2O/c1-9(14)10-4-5-12(11(13)8-10)15(2)6-7-16-3/h4-5,8-9H,6-7,14H2,1-3H3/t9-/m0/s1. The van der Waals surface area contributed by atoms with Gasteiger partial charge in [0.15, 0.2) is 0 Å². The van der Waals surface area contributed by atoms with Gasteiger partial charge in [-0.25, -0.2) is 0 Å². The molecule has 0 aliphatic heterocycles. The van der Waals surface area contributed by atoms with Crippen LogP contribution >= 0.6 is 15.9 Å². The second-order valence-electron chi connectivity index (χ2n) is 3.91. The number of likely N-dealkylation sites (N-methyl/N-ethyl adjacent to an activating group) is 1. The van der Waals surface area contributed by atoms with Crippen molar-refractivity contribution in [2.75, 3.05) is 32.2 Å². The quantitative estimate of drug-likeness (QED) is 0.904. The van der Waals surface area contributed by atoms with E-state index in [0.717, 1.165) is 28.9 Å². The number of anilines is 1. The minimum absolute atomic E-state index is 0.0645. The van der Waals surface area contributed by atoms with Crippen LogP contribution in [0.25, 0.3) is 0 Å². The van der Waals surface area contributed by atoms with Crippen molar-refractivity contribution < 1.29 is 4.74 Å². The van der Waals surface area contributed by atoms with Crippen molar-refractivity contribution in [3.05, 3.63) is 28.2 Å². The molecule has 2 N–H and O–H groups in total. The van der Waals surface area contributed by atoms with E-state index < -0.39 is 0 Å². The van der Waals surface area contributed by atoms with Gasteiger partial charge < -0.3 is 15.4 Å². The third-order valence-electron chi connectivity index (χ3n) is 2.54. The molecule has 0 aliphatic carbocycles. The van der Waals surface area contributed by atoms with E-state index in [1.54, 1.807) is 7.11 Å². The Balaban J connectivity index is 2.81. The van der Waals surface area contributed by atoms with Crippen molar-refractivity contribution in [1.82, 2.24) is 0 Å². The zero-order valence-electron chi connectivity index (χ0n) is 10.0. The molecule has 0 heterocycles. The minimum atomic E-state index is 0.0645. The summed E-state index contributed by atoms with van der Waals surface area (Å²) in [5.41, 5.74) is 8.12. The molecule has 1 rings (SSSR count). The number of hydrogen-bond acceptors (Lipinski definition) is 3. The van der Waals surface area contributed by atoms with Gasteiger partial charge in [0.1, 0.15) is 0 Å². The van der Waals surface area contributed by atoms with Gasteiger partial charge in [0.25, 0.3) is 0 Å². The summed E-state index contributed by atoms with van der Waals surface area (Å²) in [4.78, 5) is 2.15. The van der Waals surface area contributed by atoms with Gasteiger partial charge in [0, 0.05) is 31.2 Å². The van der Waals surface area contributed by atoms with Crippen LogP contribution in [-0.4, -0.2) is 27.3 Å². The van der Waals surface area contributed by atoms with Crippen LogP contribution in [0.4, 0.5) is 5.69 Å². The summed E-state index contributed by atoms with van der Waals surface area (Å²) in [6.07, 6.45) is 0. The Kier molecular flexibility index (Phi) is 5.25. The van der Waals surface area contributed by atoms with Gasteiger partial charge in [0.05, 0.1) is 12.3 Å². The van der Waals surface area contributed by atoms with Crippen LogP contribution in [0.1, 0.15) is 18.5 Å². The summed E-state index contributed by atoms with van der Waals surface area (Å²) < 4.78 is 6.13. The van der Waals surface area contributed by atoms with Gasteiger partial charge >= 0.3 is 0 Å². The van der Waals surface area contributed by atoms with E-state index in [1.165, 1.54) is 0 Å². The molecule has 0 aromatic heterocycles. The van der Waals surface area contributed by atoms with Crippen LogP contribution in [0.5, 0.6) is 0 Å². The number of nitrogens with two attached hydrogens (primary N) is 1. The van der Waals surface area contributed by atoms with Gasteiger partial charge in [0.2, 0.25) is 0 Å². The highest BCUT2D eigenvalue weighted by atomic mass is 79.9. The normalized spacial score (nSPS) is 12.6. The van der Waals surface area contributed by atoms with Gasteiger partial charge in [-0.3, -0.25) is 0 Å². The fourth-order valence-corrected chi connectivity index (χ4v) is 2.16. The molecule has 0 spiro atoms. The van der Waals surface area contributed by atoms with Crippen molar-refractivity contribution in [2.24, 2.45) is 5.73 Å². The largest absolute Gasteiger partial charge is 0.383 e. The van der Waals surface area contributed by atoms with Crippen LogP contribution in [0, 0.1) is 0 Å². The van der Waals surface area contributed by atoms with Crippen LogP contribution < -0.4 is 10.6 Å². The van der Waals surface area contributed by atoms with E-state index in [1.807, 2.05) is 14.0 Å². The molecule has 0 fully saturated rings. The first-order valence-electron chi connectivity index (χ1n) is 5.31. The van der Waals surface area contributed by atoms with Gasteiger partial charge in [-0.05, 0) is 40.5 Å². The van der Waals surface area contributed by atoms with Crippen LogP contribution in [0.2, 0.25) is 0 Å². The molecular weight excluding hydrogens is 268 g/mol. The maximum Gasteiger partial charge on any atom is 0.0637 e. The number of methoxy groups -OCH3 is 1. The van der Waals surface area contributed by atoms with Crippen molar-refractivity contribution in [3.8, 4) is 0 Å². The third-order valence-corrected chi connectivity index (χ3v) is 3.17. The molecule has 0 aliphatic rings. The zero-order valence-corrected chi connectivity index (χ0v) is 11.6. The SMILES string of the molecule is COCCN(C)c1ccc([C@H](C)N)cc1Br. The maximum atomic E-state index is 5.83. The molecule has 0 bridgehead atoms. The number of hydrogen-bond donors (Lipinski definition) is 1. The fraction of sp³-hybridized carbons (Fsp3) is 0.500. The highest BCUT2D eigenvalue weighted by molar-refractivity contribution is 9.10. The molecular formula is C12H19BrN2O. The predicted molar refractivity (Wildman–Crippen MR) is 71.9 cm³/mol. The molecule has 0 saturated carbocycles. The van der Waals surface area contributed by atoms with E-state index in [4.69, 9.17) is 10.5 Å². The average Bonchev–Trinajstić information content (AvgIpc) is 2.25. The van der Waals surface area contributed by atoms with Crippen molar-refractivity contribution in [1.29, 1.82) is 0 Å². The zero-order chi connectivity index (χ0) is 12.1. The summed E-state index contributed by atoms with van der Waals surface area (Å²) in [7, 11) is 3.76. The lowest BCUT2D eigenvalue weighted by Gasteiger charge is -2.21. The minimum Gasteiger partial charge on any atom is -0.383 e. The molecule has 90 valence electrons. The Hall–Kier alpha value is -0.580. The summed E-state index contributed by atoms with van der Waals surface area (Å²) >= 11 is 3.57. The van der Waals surface area contributed by atoms with Crippen molar-refractivity contribution in [2.45, 2.75) is 13.0 Å². The lowest BCUT2D eigenvalue weighted by atomic mass is 10.1. The molecule has 1 aromatic carbocycles. The molecule has 0 unspecified atom stereocenters. The number of nitrogens with zero attached hydrogens (tertiary/aromatic N) is 1. The molecule has 3 nitrogen and oxygen atoms in total. The molecule has 0 radical (unpaired) electrons. The Morgan fingerprint density at radius 3 is 2.69 bits per heavy atom. The lowest BCUT2D eigenvalue weighted by Crippen LogP contribution is -2.22. The summed E-state index contributed by atoms with van der Waals surface area (Å²) in [5, 5.41) is 0. The number of benzene rings is 1. The van der Waals surface area contributed by atoms with Gasteiger partial charge in [-0.15, -0.1) is 0 Å². The molecule has 4 heteroatoms. The van der Waals surface area contributed by atoms with Gasteiger partial charge in [-0.1, -0.05) is 6.07 Å². The Morgan fingerprint density at radius 2 is 2.19 bits per heavy atom. The van der Waals surface area contributed by atoms with E-state index in [0.29, 0.717) is 0 Å². The highest BCUT2D eigenvalue weighted by Crippen LogP contribution is 2.28. The summed E-state index contributed by atoms with van der Waals surface area (Å²) in [5.74, 6) is 0. The van der Waals surface area contributed by atoms with E-state index >= 15 is 0 Å². The first kappa shape index (κ1) is 13.5. The topological polar surface area (TPSA) is 38.5 Å². The summed E-state index contributed by atoms with van der Waals surface area (Å²) in [6, 6.07) is 6.28. The van der Waals surface area contributed by atoms with Crippen molar-refractivity contribution >= 4 is 21.6 Å². The van der Waals surface area contributed by atoms with Crippen LogP contribution in [-0.2, 0) is 4.74 Å². The predicted octanol–water partition coefficient (Wildman–Crippen LogP) is 2.55. The Morgan fingerprint density at radius 1 is 1.50 bits per heavy atom. The molecule has 16 heavy (non-hydrogen) atoms. The summed E-state index contributed by atoms with van der Waals surface area (Å²) in [6.45, 7) is 3.57. The fourth-order valence-electron chi connectivity index (χ4n) is 1.46. The smallest absolute Gasteiger partial charge is 0.0637 e. The third kappa shape index (κ3) is 3.47. The number of ether oxygens (including phenoxy) is 1. The lowest BCUT2D eigenvalue weighted by molar-refractivity contribution is 0.206. The Bertz CT molecular complexity index is 342. The van der Waals surface area contributed by atoms with Crippen LogP contribution in [0.15, 0.2) is 22.7 Å². The molecule has 0 saturated heterocycles. The van der Waals surface area contributed by atoms with Gasteiger partial charge in [-0.2, -0.15) is 0 Å². The average molecular weight is 287 g/mol. The molecule has 1 atom stereocenters.